The Labute approximate surface area is 132 Å². The molecule has 0 bridgehead atoms. The fraction of sp³-hybridized carbons (Fsp3) is 0.200. The molecule has 0 saturated heterocycles. The quantitative estimate of drug-likeness (QED) is 0.840. The molecule has 0 heterocycles. The minimum Gasteiger partial charge on any atom is -0.495 e. The third-order valence-electron chi connectivity index (χ3n) is 2.90. The lowest BCUT2D eigenvalue weighted by Gasteiger charge is -2.14. The molecule has 0 aromatic heterocycles. The predicted octanol–water partition coefficient (Wildman–Crippen LogP) is 4.73. The molecule has 2 rings (SSSR count). The highest BCUT2D eigenvalue weighted by atomic mass is 79.9. The number of benzene rings is 2. The minimum absolute atomic E-state index is 0.524. The van der Waals surface area contributed by atoms with Gasteiger partial charge in [-0.2, -0.15) is 0 Å². The molecule has 0 radical (unpaired) electrons. The molecule has 0 unspecified atom stereocenters. The number of halogens is 2. The third kappa shape index (κ3) is 3.38. The molecule has 5 heteroatoms. The maximum atomic E-state index is 6.08. The van der Waals surface area contributed by atoms with Crippen molar-refractivity contribution in [2.75, 3.05) is 19.5 Å². The molecule has 0 aliphatic heterocycles. The Kier molecular flexibility index (Phi) is 5.15. The fourth-order valence-electron chi connectivity index (χ4n) is 1.83. The first kappa shape index (κ1) is 15.0. The summed E-state index contributed by atoms with van der Waals surface area (Å²) >= 11 is 9.61. The molecule has 0 spiro atoms. The summed E-state index contributed by atoms with van der Waals surface area (Å²) in [6.45, 7) is 0.669. The van der Waals surface area contributed by atoms with Crippen molar-refractivity contribution < 1.29 is 9.47 Å². The normalized spacial score (nSPS) is 10.2. The number of anilines is 1. The first-order chi connectivity index (χ1) is 9.65. The number of nitrogens with one attached hydrogen (secondary N) is 1. The second-order valence-electron chi connectivity index (χ2n) is 4.13. The van der Waals surface area contributed by atoms with E-state index in [4.69, 9.17) is 21.1 Å². The monoisotopic (exact) mass is 355 g/mol. The van der Waals surface area contributed by atoms with Crippen LogP contribution >= 0.6 is 27.5 Å². The topological polar surface area (TPSA) is 30.5 Å². The summed E-state index contributed by atoms with van der Waals surface area (Å²) in [6.07, 6.45) is 0. The Balaban J connectivity index is 2.22. The molecular formula is C15H15BrClNO2. The zero-order chi connectivity index (χ0) is 14.5. The van der Waals surface area contributed by atoms with Crippen LogP contribution in [0.5, 0.6) is 11.5 Å². The van der Waals surface area contributed by atoms with Crippen LogP contribution in [0.3, 0.4) is 0 Å². The van der Waals surface area contributed by atoms with E-state index in [0.29, 0.717) is 23.1 Å². The smallest absolute Gasteiger partial charge is 0.143 e. The molecule has 1 N–H and O–H groups in total. The molecule has 106 valence electrons. The maximum absolute atomic E-state index is 6.08. The van der Waals surface area contributed by atoms with E-state index >= 15 is 0 Å². The molecule has 2 aromatic carbocycles. The van der Waals surface area contributed by atoms with Gasteiger partial charge in [0.2, 0.25) is 0 Å². The predicted molar refractivity (Wildman–Crippen MR) is 86.0 cm³/mol. The van der Waals surface area contributed by atoms with Crippen LogP contribution in [0, 0.1) is 0 Å². The lowest BCUT2D eigenvalue weighted by Crippen LogP contribution is -2.02. The lowest BCUT2D eigenvalue weighted by atomic mass is 10.2. The van der Waals surface area contributed by atoms with Crippen LogP contribution in [0.1, 0.15) is 5.56 Å². The number of methoxy groups -OCH3 is 2. The fourth-order valence-corrected chi connectivity index (χ4v) is 2.49. The summed E-state index contributed by atoms with van der Waals surface area (Å²) < 4.78 is 11.6. The van der Waals surface area contributed by atoms with Crippen LogP contribution in [-0.4, -0.2) is 14.2 Å². The summed E-state index contributed by atoms with van der Waals surface area (Å²) in [4.78, 5) is 0. The van der Waals surface area contributed by atoms with Gasteiger partial charge in [-0.3, -0.25) is 0 Å². The van der Waals surface area contributed by atoms with Gasteiger partial charge in [0, 0.05) is 23.2 Å². The van der Waals surface area contributed by atoms with Crippen molar-refractivity contribution in [3.63, 3.8) is 0 Å². The summed E-state index contributed by atoms with van der Waals surface area (Å²) in [5, 5.41) is 3.85. The second kappa shape index (κ2) is 6.86. The average Bonchev–Trinajstić information content (AvgIpc) is 2.47. The summed E-state index contributed by atoms with van der Waals surface area (Å²) in [5.74, 6) is 1.30. The van der Waals surface area contributed by atoms with E-state index in [9.17, 15) is 0 Å². The lowest BCUT2D eigenvalue weighted by molar-refractivity contribution is 0.404. The summed E-state index contributed by atoms with van der Waals surface area (Å²) in [6, 6.07) is 11.6. The largest absolute Gasteiger partial charge is 0.495 e. The zero-order valence-electron chi connectivity index (χ0n) is 11.2. The Morgan fingerprint density at radius 3 is 2.45 bits per heavy atom. The van der Waals surface area contributed by atoms with Gasteiger partial charge in [-0.05, 0) is 11.6 Å². The second-order valence-corrected chi connectivity index (χ2v) is 5.39. The molecule has 0 fully saturated rings. The van der Waals surface area contributed by atoms with E-state index in [-0.39, 0.29) is 0 Å². The van der Waals surface area contributed by atoms with Crippen LogP contribution in [0.2, 0.25) is 5.02 Å². The van der Waals surface area contributed by atoms with Gasteiger partial charge in [-0.25, -0.2) is 0 Å². The van der Waals surface area contributed by atoms with Crippen molar-refractivity contribution in [1.29, 1.82) is 0 Å². The number of hydrogen-bond acceptors (Lipinski definition) is 3. The summed E-state index contributed by atoms with van der Waals surface area (Å²) in [7, 11) is 3.20. The summed E-state index contributed by atoms with van der Waals surface area (Å²) in [5.41, 5.74) is 1.99. The van der Waals surface area contributed by atoms with Crippen molar-refractivity contribution in [3.05, 3.63) is 51.5 Å². The van der Waals surface area contributed by atoms with E-state index in [1.54, 1.807) is 20.3 Å². The van der Waals surface area contributed by atoms with Crippen LogP contribution in [0.4, 0.5) is 5.69 Å². The molecule has 3 nitrogen and oxygen atoms in total. The van der Waals surface area contributed by atoms with Crippen LogP contribution in [0.15, 0.2) is 40.9 Å². The zero-order valence-corrected chi connectivity index (χ0v) is 13.6. The van der Waals surface area contributed by atoms with Gasteiger partial charge < -0.3 is 14.8 Å². The van der Waals surface area contributed by atoms with Crippen LogP contribution < -0.4 is 14.8 Å². The third-order valence-corrected chi connectivity index (χ3v) is 3.97. The molecule has 0 aliphatic rings. The van der Waals surface area contributed by atoms with Crippen LogP contribution in [0.25, 0.3) is 0 Å². The van der Waals surface area contributed by atoms with E-state index in [2.05, 4.69) is 27.3 Å². The van der Waals surface area contributed by atoms with Gasteiger partial charge in [0.05, 0.1) is 24.9 Å². The Hall–Kier alpha value is -1.39. The van der Waals surface area contributed by atoms with Gasteiger partial charge in [0.25, 0.3) is 0 Å². The van der Waals surface area contributed by atoms with E-state index in [1.807, 2.05) is 24.3 Å². The SMILES string of the molecule is COc1cc(NCc2ccccc2Br)c(OC)cc1Cl. The minimum atomic E-state index is 0.524. The highest BCUT2D eigenvalue weighted by Crippen LogP contribution is 2.36. The Morgan fingerprint density at radius 2 is 1.80 bits per heavy atom. The van der Waals surface area contributed by atoms with Crippen molar-refractivity contribution in [3.8, 4) is 11.5 Å². The first-order valence-electron chi connectivity index (χ1n) is 6.04. The van der Waals surface area contributed by atoms with E-state index in [0.717, 1.165) is 15.7 Å². The van der Waals surface area contributed by atoms with Crippen molar-refractivity contribution in [2.24, 2.45) is 0 Å². The average molecular weight is 357 g/mol. The molecule has 0 saturated carbocycles. The number of hydrogen-bond donors (Lipinski definition) is 1. The molecule has 0 aliphatic carbocycles. The van der Waals surface area contributed by atoms with Gasteiger partial charge in [-0.1, -0.05) is 45.7 Å². The van der Waals surface area contributed by atoms with Gasteiger partial charge in [0.1, 0.15) is 11.5 Å². The van der Waals surface area contributed by atoms with Gasteiger partial charge >= 0.3 is 0 Å². The van der Waals surface area contributed by atoms with Gasteiger partial charge in [-0.15, -0.1) is 0 Å². The molecular weight excluding hydrogens is 342 g/mol. The van der Waals surface area contributed by atoms with Crippen molar-refractivity contribution >= 4 is 33.2 Å². The highest BCUT2D eigenvalue weighted by Gasteiger charge is 2.10. The standard InChI is InChI=1S/C15H15BrClNO2/c1-19-14-8-13(15(20-2)7-12(14)17)18-9-10-5-3-4-6-11(10)16/h3-8,18H,9H2,1-2H3. The van der Waals surface area contributed by atoms with Crippen molar-refractivity contribution in [2.45, 2.75) is 6.54 Å². The molecule has 20 heavy (non-hydrogen) atoms. The van der Waals surface area contributed by atoms with E-state index in [1.165, 1.54) is 0 Å². The maximum Gasteiger partial charge on any atom is 0.143 e. The Morgan fingerprint density at radius 1 is 1.10 bits per heavy atom. The first-order valence-corrected chi connectivity index (χ1v) is 7.21. The van der Waals surface area contributed by atoms with Crippen LogP contribution in [-0.2, 0) is 6.54 Å². The number of rotatable bonds is 5. The molecule has 2 aromatic rings. The van der Waals surface area contributed by atoms with E-state index < -0.39 is 0 Å². The molecule has 0 atom stereocenters. The van der Waals surface area contributed by atoms with Gasteiger partial charge in [0.15, 0.2) is 0 Å². The number of ether oxygens (including phenoxy) is 2. The highest BCUT2D eigenvalue weighted by molar-refractivity contribution is 9.10. The molecule has 0 amide bonds. The Bertz CT molecular complexity index is 604. The van der Waals surface area contributed by atoms with Crippen molar-refractivity contribution in [1.82, 2.24) is 0 Å².